The maximum atomic E-state index is 12.6. The number of anilines is 1. The van der Waals surface area contributed by atoms with Crippen LogP contribution in [0.1, 0.15) is 17.5 Å². The molecule has 112 valence electrons. The number of hydrogen-bond donors (Lipinski definition) is 1. The predicted molar refractivity (Wildman–Crippen MR) is 85.0 cm³/mol. The van der Waals surface area contributed by atoms with Gasteiger partial charge in [-0.2, -0.15) is 0 Å². The second-order valence-electron chi connectivity index (χ2n) is 5.48. The smallest absolute Gasteiger partial charge is 0.324 e. The van der Waals surface area contributed by atoms with Crippen LogP contribution in [0.5, 0.6) is 0 Å². The molecule has 2 aromatic carbocycles. The van der Waals surface area contributed by atoms with Gasteiger partial charge in [-0.05, 0) is 24.6 Å². The van der Waals surface area contributed by atoms with Gasteiger partial charge in [-0.15, -0.1) is 0 Å². The summed E-state index contributed by atoms with van der Waals surface area (Å²) < 4.78 is 6.21. The molecule has 1 unspecified atom stereocenters. The predicted octanol–water partition coefficient (Wildman–Crippen LogP) is 3.81. The van der Waals surface area contributed by atoms with E-state index >= 15 is 0 Å². The molecule has 0 bridgehead atoms. The van der Waals surface area contributed by atoms with E-state index in [1.165, 1.54) is 0 Å². The topological polar surface area (TPSA) is 41.6 Å². The Morgan fingerprint density at radius 3 is 2.82 bits per heavy atom. The Labute approximate surface area is 133 Å². The summed E-state index contributed by atoms with van der Waals surface area (Å²) in [6.45, 7) is 1.25. The Hall–Kier alpha value is -2.04. The second kappa shape index (κ2) is 5.00. The zero-order valence-corrected chi connectivity index (χ0v) is 12.6. The van der Waals surface area contributed by atoms with E-state index in [2.05, 4.69) is 5.32 Å². The van der Waals surface area contributed by atoms with E-state index in [-0.39, 0.29) is 6.03 Å². The molecule has 0 aromatic heterocycles. The summed E-state index contributed by atoms with van der Waals surface area (Å²) in [5.74, 6) is 0. The molecule has 4 rings (SSSR count). The molecule has 0 radical (unpaired) electrons. The van der Waals surface area contributed by atoms with Gasteiger partial charge in [0, 0.05) is 22.7 Å². The minimum absolute atomic E-state index is 0.140. The Morgan fingerprint density at radius 2 is 2.00 bits per heavy atom. The standard InChI is InChI=1S/C17H15ClN2O2/c18-13-7-8-15-14(11-13)17(12-5-2-1-3-6-12)20(16(21)19-15)9-4-10-22-17/h1-3,5-8,11H,4,9-10H2,(H,19,21). The lowest BCUT2D eigenvalue weighted by Gasteiger charge is -2.50. The van der Waals surface area contributed by atoms with Crippen LogP contribution in [0, 0.1) is 0 Å². The van der Waals surface area contributed by atoms with E-state index in [0.29, 0.717) is 18.2 Å². The molecule has 1 atom stereocenters. The molecule has 2 aromatic rings. The Morgan fingerprint density at radius 1 is 1.18 bits per heavy atom. The highest BCUT2D eigenvalue weighted by Gasteiger charge is 2.50. The van der Waals surface area contributed by atoms with Gasteiger partial charge in [0.1, 0.15) is 0 Å². The number of ether oxygens (including phenoxy) is 1. The SMILES string of the molecule is O=C1Nc2ccc(Cl)cc2C2(c3ccccc3)OCCCN12. The van der Waals surface area contributed by atoms with Gasteiger partial charge < -0.3 is 10.1 Å². The minimum atomic E-state index is -0.901. The van der Waals surface area contributed by atoms with Crippen molar-refractivity contribution in [2.75, 3.05) is 18.5 Å². The summed E-state index contributed by atoms with van der Waals surface area (Å²) in [7, 11) is 0. The molecule has 0 spiro atoms. The third kappa shape index (κ3) is 1.84. The number of urea groups is 1. The lowest BCUT2D eigenvalue weighted by Crippen LogP contribution is -2.59. The molecule has 0 saturated carbocycles. The Bertz CT molecular complexity index is 735. The summed E-state index contributed by atoms with van der Waals surface area (Å²) in [6, 6.07) is 15.2. The van der Waals surface area contributed by atoms with Crippen LogP contribution in [-0.2, 0) is 10.5 Å². The number of rotatable bonds is 1. The van der Waals surface area contributed by atoms with Crippen molar-refractivity contribution in [1.82, 2.24) is 4.90 Å². The van der Waals surface area contributed by atoms with E-state index < -0.39 is 5.72 Å². The van der Waals surface area contributed by atoms with Crippen LogP contribution in [0.25, 0.3) is 0 Å². The molecule has 1 fully saturated rings. The highest BCUT2D eigenvalue weighted by Crippen LogP contribution is 2.46. The fourth-order valence-corrected chi connectivity index (χ4v) is 3.46. The quantitative estimate of drug-likeness (QED) is 0.869. The lowest BCUT2D eigenvalue weighted by molar-refractivity contribution is -0.142. The van der Waals surface area contributed by atoms with Crippen molar-refractivity contribution in [1.29, 1.82) is 0 Å². The zero-order chi connectivity index (χ0) is 15.2. The van der Waals surface area contributed by atoms with E-state index in [0.717, 1.165) is 23.2 Å². The lowest BCUT2D eigenvalue weighted by atomic mass is 9.88. The van der Waals surface area contributed by atoms with Crippen LogP contribution < -0.4 is 5.32 Å². The zero-order valence-electron chi connectivity index (χ0n) is 11.9. The molecule has 2 aliphatic heterocycles. The summed E-state index contributed by atoms with van der Waals surface area (Å²) in [5.41, 5.74) is 1.66. The number of nitrogens with one attached hydrogen (secondary N) is 1. The summed E-state index contributed by atoms with van der Waals surface area (Å²) >= 11 is 6.21. The van der Waals surface area contributed by atoms with Crippen LogP contribution in [0.2, 0.25) is 5.02 Å². The average Bonchev–Trinajstić information content (AvgIpc) is 2.56. The van der Waals surface area contributed by atoms with Gasteiger partial charge in [0.2, 0.25) is 0 Å². The molecule has 0 aliphatic carbocycles. The highest BCUT2D eigenvalue weighted by atomic mass is 35.5. The first-order valence-corrected chi connectivity index (χ1v) is 7.68. The van der Waals surface area contributed by atoms with Gasteiger partial charge in [0.05, 0.1) is 12.3 Å². The van der Waals surface area contributed by atoms with E-state index in [9.17, 15) is 4.79 Å². The second-order valence-corrected chi connectivity index (χ2v) is 5.92. The normalized spacial score (nSPS) is 23.5. The largest absolute Gasteiger partial charge is 0.347 e. The number of hydrogen-bond acceptors (Lipinski definition) is 2. The van der Waals surface area contributed by atoms with Crippen molar-refractivity contribution in [2.24, 2.45) is 0 Å². The van der Waals surface area contributed by atoms with Crippen molar-refractivity contribution in [3.8, 4) is 0 Å². The molecule has 1 N–H and O–H groups in total. The van der Waals surface area contributed by atoms with Crippen LogP contribution in [0.3, 0.4) is 0 Å². The fraction of sp³-hybridized carbons (Fsp3) is 0.235. The molecule has 2 amide bonds. The highest BCUT2D eigenvalue weighted by molar-refractivity contribution is 6.30. The maximum absolute atomic E-state index is 12.6. The van der Waals surface area contributed by atoms with Crippen molar-refractivity contribution in [2.45, 2.75) is 12.1 Å². The van der Waals surface area contributed by atoms with Gasteiger partial charge in [-0.25, -0.2) is 4.79 Å². The first kappa shape index (κ1) is 13.6. The van der Waals surface area contributed by atoms with Crippen LogP contribution in [-0.4, -0.2) is 24.1 Å². The van der Waals surface area contributed by atoms with Crippen LogP contribution >= 0.6 is 11.6 Å². The van der Waals surface area contributed by atoms with Crippen LogP contribution in [0.4, 0.5) is 10.5 Å². The first-order valence-electron chi connectivity index (χ1n) is 7.30. The number of benzene rings is 2. The Kier molecular flexibility index (Phi) is 3.10. The third-order valence-corrected chi connectivity index (χ3v) is 4.45. The van der Waals surface area contributed by atoms with E-state index in [1.54, 1.807) is 11.0 Å². The molecule has 2 heterocycles. The number of halogens is 1. The van der Waals surface area contributed by atoms with E-state index in [4.69, 9.17) is 16.3 Å². The van der Waals surface area contributed by atoms with Crippen molar-refractivity contribution < 1.29 is 9.53 Å². The average molecular weight is 315 g/mol. The van der Waals surface area contributed by atoms with Gasteiger partial charge in [-0.3, -0.25) is 4.90 Å². The minimum Gasteiger partial charge on any atom is -0.347 e. The van der Waals surface area contributed by atoms with Gasteiger partial charge >= 0.3 is 6.03 Å². The molecular formula is C17H15ClN2O2. The molecule has 1 saturated heterocycles. The number of carbonyl (C=O) groups is 1. The van der Waals surface area contributed by atoms with Gasteiger partial charge in [0.15, 0.2) is 5.72 Å². The van der Waals surface area contributed by atoms with Gasteiger partial charge in [0.25, 0.3) is 0 Å². The molecule has 4 nitrogen and oxygen atoms in total. The summed E-state index contributed by atoms with van der Waals surface area (Å²) in [6.07, 6.45) is 0.817. The first-order chi connectivity index (χ1) is 10.7. The number of amides is 2. The monoisotopic (exact) mass is 314 g/mol. The van der Waals surface area contributed by atoms with Crippen molar-refractivity contribution in [3.63, 3.8) is 0 Å². The van der Waals surface area contributed by atoms with Crippen LogP contribution in [0.15, 0.2) is 48.5 Å². The molecule has 22 heavy (non-hydrogen) atoms. The maximum Gasteiger partial charge on any atom is 0.324 e. The summed E-state index contributed by atoms with van der Waals surface area (Å²) in [5, 5.41) is 3.55. The summed E-state index contributed by atoms with van der Waals surface area (Å²) in [4.78, 5) is 14.3. The fourth-order valence-electron chi connectivity index (χ4n) is 3.29. The molecular weight excluding hydrogens is 300 g/mol. The molecule has 2 aliphatic rings. The molecule has 5 heteroatoms. The number of fused-ring (bicyclic) bond motifs is 3. The number of nitrogens with zero attached hydrogens (tertiary/aromatic N) is 1. The third-order valence-electron chi connectivity index (χ3n) is 4.22. The van der Waals surface area contributed by atoms with E-state index in [1.807, 2.05) is 42.5 Å². The van der Waals surface area contributed by atoms with Crippen molar-refractivity contribution >= 4 is 23.3 Å². The van der Waals surface area contributed by atoms with Crippen molar-refractivity contribution in [3.05, 3.63) is 64.7 Å². The van der Waals surface area contributed by atoms with Gasteiger partial charge in [-0.1, -0.05) is 41.9 Å². The Balaban J connectivity index is 2.02. The number of carbonyl (C=O) groups excluding carboxylic acids is 1.